The summed E-state index contributed by atoms with van der Waals surface area (Å²) in [6, 6.07) is 11.6. The zero-order valence-electron chi connectivity index (χ0n) is 15.7. The van der Waals surface area contributed by atoms with Crippen LogP contribution in [0.1, 0.15) is 53.3 Å². The highest BCUT2D eigenvalue weighted by atomic mass is 32.1. The number of pyridine rings is 1. The molecule has 4 rings (SSSR count). The van der Waals surface area contributed by atoms with Crippen LogP contribution in [0.4, 0.5) is 0 Å². The van der Waals surface area contributed by atoms with Gasteiger partial charge in [-0.05, 0) is 48.7 Å². The average molecular weight is 394 g/mol. The Morgan fingerprint density at radius 3 is 2.89 bits per heavy atom. The summed E-state index contributed by atoms with van der Waals surface area (Å²) in [6.07, 6.45) is 7.91. The predicted octanol–water partition coefficient (Wildman–Crippen LogP) is 4.87. The molecular formula is C22H23N3O2S. The molecule has 0 bridgehead atoms. The van der Waals surface area contributed by atoms with Crippen molar-refractivity contribution in [1.82, 2.24) is 14.9 Å². The normalized spacial score (nSPS) is 17.1. The Balaban J connectivity index is 1.53. The van der Waals surface area contributed by atoms with Gasteiger partial charge in [-0.2, -0.15) is 0 Å². The van der Waals surface area contributed by atoms with Gasteiger partial charge in [0, 0.05) is 29.9 Å². The van der Waals surface area contributed by atoms with E-state index in [0.29, 0.717) is 17.9 Å². The van der Waals surface area contributed by atoms with Gasteiger partial charge in [-0.3, -0.25) is 9.78 Å². The number of likely N-dealkylation sites (tertiary alicyclic amines) is 1. The first-order valence-corrected chi connectivity index (χ1v) is 10.6. The van der Waals surface area contributed by atoms with Crippen LogP contribution in [-0.4, -0.2) is 27.3 Å². The van der Waals surface area contributed by atoms with Gasteiger partial charge >= 0.3 is 0 Å². The molecule has 1 aromatic carbocycles. The van der Waals surface area contributed by atoms with Gasteiger partial charge in [0.15, 0.2) is 0 Å². The van der Waals surface area contributed by atoms with Crippen LogP contribution in [-0.2, 0) is 6.61 Å². The summed E-state index contributed by atoms with van der Waals surface area (Å²) in [5.41, 5.74) is 4.50. The summed E-state index contributed by atoms with van der Waals surface area (Å²) in [4.78, 5) is 23.7. The third kappa shape index (κ3) is 4.39. The molecule has 6 heteroatoms. The molecule has 5 nitrogen and oxygen atoms in total. The van der Waals surface area contributed by atoms with Gasteiger partial charge < -0.3 is 9.64 Å². The molecule has 1 saturated heterocycles. The van der Waals surface area contributed by atoms with Crippen molar-refractivity contribution in [2.75, 3.05) is 6.54 Å². The SMILES string of the molecule is O=C(c1cccc(OCc2cscn2)c1)N1CCCCCC1c1ccncc1. The number of aromatic nitrogens is 2. The Bertz CT molecular complexity index is 899. The van der Waals surface area contributed by atoms with E-state index in [0.717, 1.165) is 43.5 Å². The highest BCUT2D eigenvalue weighted by molar-refractivity contribution is 7.07. The van der Waals surface area contributed by atoms with Crippen LogP contribution < -0.4 is 4.74 Å². The number of carbonyl (C=O) groups excluding carboxylic acids is 1. The number of hydrogen-bond donors (Lipinski definition) is 0. The molecule has 3 heterocycles. The van der Waals surface area contributed by atoms with E-state index in [1.54, 1.807) is 29.2 Å². The van der Waals surface area contributed by atoms with E-state index >= 15 is 0 Å². The Kier molecular flexibility index (Phi) is 5.97. The monoisotopic (exact) mass is 393 g/mol. The lowest BCUT2D eigenvalue weighted by molar-refractivity contribution is 0.0680. The van der Waals surface area contributed by atoms with Crippen LogP contribution in [0.3, 0.4) is 0 Å². The van der Waals surface area contributed by atoms with Crippen molar-refractivity contribution < 1.29 is 9.53 Å². The molecule has 1 fully saturated rings. The van der Waals surface area contributed by atoms with E-state index in [2.05, 4.69) is 9.97 Å². The molecule has 0 spiro atoms. The molecule has 0 N–H and O–H groups in total. The molecule has 144 valence electrons. The van der Waals surface area contributed by atoms with E-state index < -0.39 is 0 Å². The van der Waals surface area contributed by atoms with Crippen molar-refractivity contribution in [3.8, 4) is 5.75 Å². The van der Waals surface area contributed by atoms with Crippen molar-refractivity contribution in [3.05, 3.63) is 76.5 Å². The summed E-state index contributed by atoms with van der Waals surface area (Å²) in [7, 11) is 0. The largest absolute Gasteiger partial charge is 0.487 e. The van der Waals surface area contributed by atoms with Crippen molar-refractivity contribution in [3.63, 3.8) is 0 Å². The number of benzene rings is 1. The number of carbonyl (C=O) groups is 1. The molecule has 28 heavy (non-hydrogen) atoms. The summed E-state index contributed by atoms with van der Waals surface area (Å²) in [6.45, 7) is 1.18. The molecule has 2 aromatic heterocycles. The fourth-order valence-electron chi connectivity index (χ4n) is 3.63. The number of hydrogen-bond acceptors (Lipinski definition) is 5. The van der Waals surface area contributed by atoms with Crippen molar-refractivity contribution >= 4 is 17.2 Å². The Morgan fingerprint density at radius 1 is 1.18 bits per heavy atom. The zero-order chi connectivity index (χ0) is 19.2. The van der Waals surface area contributed by atoms with Crippen LogP contribution in [0.2, 0.25) is 0 Å². The fraction of sp³-hybridized carbons (Fsp3) is 0.318. The van der Waals surface area contributed by atoms with Crippen LogP contribution in [0, 0.1) is 0 Å². The van der Waals surface area contributed by atoms with Crippen molar-refractivity contribution in [2.45, 2.75) is 38.3 Å². The second kappa shape index (κ2) is 8.97. The van der Waals surface area contributed by atoms with Crippen molar-refractivity contribution in [2.24, 2.45) is 0 Å². The minimum atomic E-state index is 0.0582. The topological polar surface area (TPSA) is 55.3 Å². The summed E-state index contributed by atoms with van der Waals surface area (Å²) in [5, 5.41) is 1.96. The molecule has 1 aliphatic rings. The lowest BCUT2D eigenvalue weighted by Crippen LogP contribution is -2.34. The Labute approximate surface area is 169 Å². The van der Waals surface area contributed by atoms with Crippen LogP contribution in [0.5, 0.6) is 5.75 Å². The van der Waals surface area contributed by atoms with E-state index in [-0.39, 0.29) is 11.9 Å². The second-order valence-corrected chi connectivity index (χ2v) is 7.66. The third-order valence-electron chi connectivity index (χ3n) is 5.06. The van der Waals surface area contributed by atoms with E-state index in [4.69, 9.17) is 4.74 Å². The van der Waals surface area contributed by atoms with Gasteiger partial charge in [0.2, 0.25) is 0 Å². The highest BCUT2D eigenvalue weighted by Crippen LogP contribution is 2.31. The minimum absolute atomic E-state index is 0.0582. The molecule has 0 radical (unpaired) electrons. The molecule has 0 aliphatic carbocycles. The van der Waals surface area contributed by atoms with Gasteiger partial charge in [-0.15, -0.1) is 11.3 Å². The third-order valence-corrected chi connectivity index (χ3v) is 5.69. The quantitative estimate of drug-likeness (QED) is 0.620. The van der Waals surface area contributed by atoms with E-state index in [9.17, 15) is 4.79 Å². The minimum Gasteiger partial charge on any atom is -0.487 e. The smallest absolute Gasteiger partial charge is 0.254 e. The maximum Gasteiger partial charge on any atom is 0.254 e. The molecule has 1 aliphatic heterocycles. The van der Waals surface area contributed by atoms with Crippen LogP contribution in [0.25, 0.3) is 0 Å². The molecule has 1 unspecified atom stereocenters. The van der Waals surface area contributed by atoms with E-state index in [1.807, 2.05) is 46.7 Å². The van der Waals surface area contributed by atoms with Gasteiger partial charge in [0.1, 0.15) is 12.4 Å². The zero-order valence-corrected chi connectivity index (χ0v) is 16.5. The van der Waals surface area contributed by atoms with Crippen LogP contribution >= 0.6 is 11.3 Å². The number of thiazole rings is 1. The predicted molar refractivity (Wildman–Crippen MR) is 109 cm³/mol. The Hall–Kier alpha value is -2.73. The number of nitrogens with zero attached hydrogens (tertiary/aromatic N) is 3. The molecule has 3 aromatic rings. The maximum absolute atomic E-state index is 13.4. The summed E-state index contributed by atoms with van der Waals surface area (Å²) < 4.78 is 5.83. The van der Waals surface area contributed by atoms with Crippen LogP contribution in [0.15, 0.2) is 59.7 Å². The fourth-order valence-corrected chi connectivity index (χ4v) is 4.18. The second-order valence-electron chi connectivity index (χ2n) is 6.94. The number of ether oxygens (including phenoxy) is 1. The first kappa shape index (κ1) is 18.6. The van der Waals surface area contributed by atoms with Crippen molar-refractivity contribution in [1.29, 1.82) is 0 Å². The number of amides is 1. The average Bonchev–Trinajstić information content (AvgIpc) is 3.15. The standard InChI is InChI=1S/C22H23N3O2S/c26-22(18-5-4-6-20(13-18)27-14-19-15-28-16-24-19)25-12-3-1-2-7-21(25)17-8-10-23-11-9-17/h4-6,8-11,13,15-16,21H,1-3,7,12,14H2. The first-order valence-electron chi connectivity index (χ1n) is 9.62. The van der Waals surface area contributed by atoms with Gasteiger partial charge in [0.25, 0.3) is 5.91 Å². The molecule has 0 saturated carbocycles. The lowest BCUT2D eigenvalue weighted by atomic mass is 10.0. The lowest BCUT2D eigenvalue weighted by Gasteiger charge is -2.30. The van der Waals surface area contributed by atoms with Gasteiger partial charge in [-0.25, -0.2) is 4.98 Å². The van der Waals surface area contributed by atoms with Gasteiger partial charge in [-0.1, -0.05) is 18.9 Å². The summed E-state index contributed by atoms with van der Waals surface area (Å²) >= 11 is 1.55. The molecular weight excluding hydrogens is 370 g/mol. The first-order chi connectivity index (χ1) is 13.8. The maximum atomic E-state index is 13.4. The van der Waals surface area contributed by atoms with Gasteiger partial charge in [0.05, 0.1) is 17.2 Å². The Morgan fingerprint density at radius 2 is 2.07 bits per heavy atom. The molecule has 1 amide bonds. The highest BCUT2D eigenvalue weighted by Gasteiger charge is 2.27. The summed E-state index contributed by atoms with van der Waals surface area (Å²) in [5.74, 6) is 0.747. The van der Waals surface area contributed by atoms with E-state index in [1.165, 1.54) is 0 Å². The molecule has 1 atom stereocenters. The number of rotatable bonds is 5.